The van der Waals surface area contributed by atoms with Crippen molar-refractivity contribution in [2.45, 2.75) is 32.6 Å². The van der Waals surface area contributed by atoms with Crippen LogP contribution in [0.25, 0.3) is 6.08 Å². The first-order valence-corrected chi connectivity index (χ1v) is 5.02. The van der Waals surface area contributed by atoms with Crippen molar-refractivity contribution < 1.29 is 4.42 Å². The van der Waals surface area contributed by atoms with Gasteiger partial charge in [-0.15, -0.1) is 0 Å². The van der Waals surface area contributed by atoms with E-state index in [0.29, 0.717) is 5.76 Å². The summed E-state index contributed by atoms with van der Waals surface area (Å²) in [5.41, 5.74) is 0.818. The van der Waals surface area contributed by atoms with Gasteiger partial charge in [0.15, 0.2) is 5.43 Å². The summed E-state index contributed by atoms with van der Waals surface area (Å²) in [4.78, 5) is 11.5. The Morgan fingerprint density at radius 2 is 2.29 bits per heavy atom. The number of unbranched alkanes of at least 4 members (excludes halogenated alkanes) is 2. The standard InChI is InChI=1S/C12H16O2/c1-3-5-6-7-10-11(13)8-9-14-12(10)4-2/h4,8-9H,2-3,5-7H2,1H3. The molecule has 0 N–H and O–H groups in total. The lowest BCUT2D eigenvalue weighted by molar-refractivity contribution is 0.526. The van der Waals surface area contributed by atoms with E-state index in [1.165, 1.54) is 12.3 Å². The van der Waals surface area contributed by atoms with Gasteiger partial charge in [0.05, 0.1) is 6.26 Å². The van der Waals surface area contributed by atoms with Gasteiger partial charge in [-0.05, 0) is 18.9 Å². The molecule has 0 fully saturated rings. The second-order valence-electron chi connectivity index (χ2n) is 3.29. The number of rotatable bonds is 5. The van der Waals surface area contributed by atoms with E-state index in [9.17, 15) is 4.79 Å². The lowest BCUT2D eigenvalue weighted by Gasteiger charge is -2.02. The minimum atomic E-state index is 0.0576. The second-order valence-corrected chi connectivity index (χ2v) is 3.29. The first kappa shape index (κ1) is 10.8. The molecule has 2 heteroatoms. The van der Waals surface area contributed by atoms with Gasteiger partial charge in [-0.2, -0.15) is 0 Å². The lowest BCUT2D eigenvalue weighted by Crippen LogP contribution is -2.08. The summed E-state index contributed by atoms with van der Waals surface area (Å²) in [6.45, 7) is 5.77. The molecule has 1 aromatic rings. The third-order valence-corrected chi connectivity index (χ3v) is 2.23. The summed E-state index contributed by atoms with van der Waals surface area (Å²) >= 11 is 0. The van der Waals surface area contributed by atoms with Gasteiger partial charge in [0.1, 0.15) is 5.76 Å². The molecule has 0 unspecified atom stereocenters. The molecule has 0 spiro atoms. The topological polar surface area (TPSA) is 30.2 Å². The van der Waals surface area contributed by atoms with Gasteiger partial charge in [0.25, 0.3) is 0 Å². The smallest absolute Gasteiger partial charge is 0.188 e. The van der Waals surface area contributed by atoms with Crippen molar-refractivity contribution in [3.63, 3.8) is 0 Å². The van der Waals surface area contributed by atoms with E-state index in [0.717, 1.165) is 31.2 Å². The molecular formula is C12H16O2. The van der Waals surface area contributed by atoms with Gasteiger partial charge in [-0.3, -0.25) is 4.79 Å². The van der Waals surface area contributed by atoms with Crippen LogP contribution in [0, 0.1) is 0 Å². The van der Waals surface area contributed by atoms with Crippen molar-refractivity contribution in [3.8, 4) is 0 Å². The SMILES string of the molecule is C=Cc1occc(=O)c1CCCCC. The van der Waals surface area contributed by atoms with Gasteiger partial charge in [0, 0.05) is 11.6 Å². The molecule has 76 valence electrons. The quantitative estimate of drug-likeness (QED) is 0.671. The van der Waals surface area contributed by atoms with Crippen LogP contribution in [0.2, 0.25) is 0 Å². The fraction of sp³-hybridized carbons (Fsp3) is 0.417. The summed E-state index contributed by atoms with van der Waals surface area (Å²) < 4.78 is 5.20. The fourth-order valence-corrected chi connectivity index (χ4v) is 1.43. The summed E-state index contributed by atoms with van der Waals surface area (Å²) in [6.07, 6.45) is 7.14. The maximum Gasteiger partial charge on any atom is 0.188 e. The predicted molar refractivity (Wildman–Crippen MR) is 58.3 cm³/mol. The van der Waals surface area contributed by atoms with E-state index in [1.807, 2.05) is 0 Å². The lowest BCUT2D eigenvalue weighted by atomic mass is 10.1. The normalized spacial score (nSPS) is 10.1. The van der Waals surface area contributed by atoms with E-state index in [-0.39, 0.29) is 5.43 Å². The highest BCUT2D eigenvalue weighted by molar-refractivity contribution is 5.44. The predicted octanol–water partition coefficient (Wildman–Crippen LogP) is 3.02. The Kier molecular flexibility index (Phi) is 4.17. The molecule has 0 radical (unpaired) electrons. The van der Waals surface area contributed by atoms with Crippen molar-refractivity contribution in [2.24, 2.45) is 0 Å². The number of hydrogen-bond acceptors (Lipinski definition) is 2. The third-order valence-electron chi connectivity index (χ3n) is 2.23. The van der Waals surface area contributed by atoms with E-state index in [2.05, 4.69) is 13.5 Å². The molecule has 0 amide bonds. The molecular weight excluding hydrogens is 176 g/mol. The molecule has 0 atom stereocenters. The Bertz CT molecular complexity index is 350. The Morgan fingerprint density at radius 3 is 2.93 bits per heavy atom. The van der Waals surface area contributed by atoms with Crippen LogP contribution in [-0.2, 0) is 6.42 Å². The maximum absolute atomic E-state index is 11.5. The summed E-state index contributed by atoms with van der Waals surface area (Å²) in [5, 5.41) is 0. The Hall–Kier alpha value is -1.31. The van der Waals surface area contributed by atoms with E-state index in [1.54, 1.807) is 6.08 Å². The fourth-order valence-electron chi connectivity index (χ4n) is 1.43. The monoisotopic (exact) mass is 192 g/mol. The largest absolute Gasteiger partial charge is 0.464 e. The second kappa shape index (κ2) is 5.43. The van der Waals surface area contributed by atoms with Crippen LogP contribution in [0.5, 0.6) is 0 Å². The highest BCUT2D eigenvalue weighted by atomic mass is 16.3. The maximum atomic E-state index is 11.5. The van der Waals surface area contributed by atoms with Crippen LogP contribution in [0.4, 0.5) is 0 Å². The molecule has 0 saturated carbocycles. The van der Waals surface area contributed by atoms with Gasteiger partial charge in [0.2, 0.25) is 0 Å². The van der Waals surface area contributed by atoms with Crippen molar-refractivity contribution in [1.82, 2.24) is 0 Å². The van der Waals surface area contributed by atoms with Gasteiger partial charge >= 0.3 is 0 Å². The van der Waals surface area contributed by atoms with Crippen molar-refractivity contribution in [1.29, 1.82) is 0 Å². The first-order chi connectivity index (χ1) is 6.79. The molecule has 1 aromatic heterocycles. The number of hydrogen-bond donors (Lipinski definition) is 0. The third kappa shape index (κ3) is 2.59. The molecule has 2 nitrogen and oxygen atoms in total. The van der Waals surface area contributed by atoms with Gasteiger partial charge in [-0.1, -0.05) is 26.3 Å². The first-order valence-electron chi connectivity index (χ1n) is 5.02. The molecule has 1 heterocycles. The van der Waals surface area contributed by atoms with Crippen LogP contribution in [0.15, 0.2) is 28.1 Å². The Balaban J connectivity index is 2.82. The average molecular weight is 192 g/mol. The molecule has 0 aliphatic heterocycles. The summed E-state index contributed by atoms with van der Waals surface area (Å²) in [7, 11) is 0. The zero-order chi connectivity index (χ0) is 10.4. The highest BCUT2D eigenvalue weighted by Crippen LogP contribution is 2.09. The summed E-state index contributed by atoms with van der Waals surface area (Å²) in [5.74, 6) is 0.619. The van der Waals surface area contributed by atoms with Crippen LogP contribution in [-0.4, -0.2) is 0 Å². The average Bonchev–Trinajstić information content (AvgIpc) is 2.20. The van der Waals surface area contributed by atoms with Crippen LogP contribution in [0.3, 0.4) is 0 Å². The van der Waals surface area contributed by atoms with E-state index in [4.69, 9.17) is 4.42 Å². The minimum Gasteiger partial charge on any atom is -0.464 e. The van der Waals surface area contributed by atoms with Crippen molar-refractivity contribution >= 4 is 6.08 Å². The molecule has 0 aliphatic rings. The zero-order valence-corrected chi connectivity index (χ0v) is 8.58. The van der Waals surface area contributed by atoms with Gasteiger partial charge in [-0.25, -0.2) is 0 Å². The van der Waals surface area contributed by atoms with Crippen LogP contribution in [0.1, 0.15) is 37.5 Å². The minimum absolute atomic E-state index is 0.0576. The molecule has 0 bridgehead atoms. The van der Waals surface area contributed by atoms with Gasteiger partial charge < -0.3 is 4.42 Å². The van der Waals surface area contributed by atoms with E-state index < -0.39 is 0 Å². The molecule has 0 aromatic carbocycles. The molecule has 0 saturated heterocycles. The highest BCUT2D eigenvalue weighted by Gasteiger charge is 2.05. The van der Waals surface area contributed by atoms with Crippen LogP contribution < -0.4 is 5.43 Å². The summed E-state index contributed by atoms with van der Waals surface area (Å²) in [6, 6.07) is 1.47. The van der Waals surface area contributed by atoms with E-state index >= 15 is 0 Å². The Morgan fingerprint density at radius 1 is 1.50 bits per heavy atom. The van der Waals surface area contributed by atoms with Crippen LogP contribution >= 0.6 is 0 Å². The molecule has 0 aliphatic carbocycles. The Labute approximate surface area is 84.3 Å². The van der Waals surface area contributed by atoms with Crippen molar-refractivity contribution in [3.05, 3.63) is 40.5 Å². The molecule has 1 rings (SSSR count). The zero-order valence-electron chi connectivity index (χ0n) is 8.58. The van der Waals surface area contributed by atoms with Crippen molar-refractivity contribution in [2.75, 3.05) is 0 Å². The molecule has 14 heavy (non-hydrogen) atoms.